The molecule has 4 aromatic rings. The van der Waals surface area contributed by atoms with Gasteiger partial charge in [0.2, 0.25) is 5.91 Å². The van der Waals surface area contributed by atoms with Crippen LogP contribution in [0.2, 0.25) is 0 Å². The van der Waals surface area contributed by atoms with Crippen LogP contribution in [0.15, 0.2) is 85.2 Å². The largest absolute Gasteiger partial charge is 0.497 e. The quantitative estimate of drug-likeness (QED) is 0.503. The lowest BCUT2D eigenvalue weighted by atomic mass is 9.87. The molecule has 1 aliphatic heterocycles. The van der Waals surface area contributed by atoms with Crippen LogP contribution in [0.1, 0.15) is 22.7 Å². The van der Waals surface area contributed by atoms with Gasteiger partial charge in [-0.1, -0.05) is 36.4 Å². The van der Waals surface area contributed by atoms with Crippen LogP contribution in [0.3, 0.4) is 0 Å². The number of rotatable bonds is 5. The average Bonchev–Trinajstić information content (AvgIpc) is 2.86. The van der Waals surface area contributed by atoms with Crippen LogP contribution in [0.25, 0.3) is 11.3 Å². The van der Waals surface area contributed by atoms with Crippen molar-refractivity contribution < 1.29 is 14.3 Å². The fourth-order valence-electron chi connectivity index (χ4n) is 3.89. The molecule has 0 unspecified atom stereocenters. The van der Waals surface area contributed by atoms with Gasteiger partial charge in [0, 0.05) is 16.7 Å². The van der Waals surface area contributed by atoms with Gasteiger partial charge >= 0.3 is 0 Å². The fraction of sp³-hybridized carbons (Fsp3) is 0.115. The lowest BCUT2D eigenvalue weighted by Crippen LogP contribution is -2.31. The van der Waals surface area contributed by atoms with E-state index in [1.807, 2.05) is 78.9 Å². The Morgan fingerprint density at radius 2 is 1.59 bits per heavy atom. The summed E-state index contributed by atoms with van der Waals surface area (Å²) in [5.74, 6) is 1.65. The maximum absolute atomic E-state index is 13.3. The highest BCUT2D eigenvalue weighted by Gasteiger charge is 2.32. The topological polar surface area (TPSA) is 73.3 Å². The molecule has 5 rings (SSSR count). The van der Waals surface area contributed by atoms with E-state index in [1.165, 1.54) is 6.33 Å². The van der Waals surface area contributed by atoms with Crippen molar-refractivity contribution in [2.75, 3.05) is 7.11 Å². The van der Waals surface area contributed by atoms with Gasteiger partial charge in [-0.3, -0.25) is 4.79 Å². The van der Waals surface area contributed by atoms with Crippen molar-refractivity contribution >= 4 is 5.91 Å². The molecule has 32 heavy (non-hydrogen) atoms. The smallest absolute Gasteiger partial charge is 0.232 e. The van der Waals surface area contributed by atoms with Crippen molar-refractivity contribution in [2.24, 2.45) is 0 Å². The predicted octanol–water partition coefficient (Wildman–Crippen LogP) is 4.71. The highest BCUT2D eigenvalue weighted by molar-refractivity contribution is 5.89. The van der Waals surface area contributed by atoms with Crippen molar-refractivity contribution in [1.82, 2.24) is 15.3 Å². The monoisotopic (exact) mass is 423 g/mol. The van der Waals surface area contributed by atoms with Crippen LogP contribution in [0, 0.1) is 0 Å². The number of para-hydroxylation sites is 2. The number of methoxy groups -OCH3 is 1. The van der Waals surface area contributed by atoms with Crippen molar-refractivity contribution in [3.8, 4) is 28.5 Å². The predicted molar refractivity (Wildman–Crippen MR) is 121 cm³/mol. The lowest BCUT2D eigenvalue weighted by molar-refractivity contribution is -0.122. The number of benzene rings is 3. The van der Waals surface area contributed by atoms with E-state index in [1.54, 1.807) is 7.11 Å². The zero-order valence-electron chi connectivity index (χ0n) is 17.5. The van der Waals surface area contributed by atoms with Gasteiger partial charge in [-0.2, -0.15) is 0 Å². The number of fused-ring (bicyclic) bond motifs is 2. The molecule has 1 aromatic heterocycles. The van der Waals surface area contributed by atoms with E-state index in [-0.39, 0.29) is 5.91 Å². The Hall–Kier alpha value is -4.19. The summed E-state index contributed by atoms with van der Waals surface area (Å²) < 4.78 is 11.2. The Balaban J connectivity index is 1.37. The molecule has 1 N–H and O–H groups in total. The number of nitrogens with zero attached hydrogens (tertiary/aromatic N) is 2. The maximum Gasteiger partial charge on any atom is 0.232 e. The fourth-order valence-corrected chi connectivity index (χ4v) is 3.89. The van der Waals surface area contributed by atoms with E-state index in [4.69, 9.17) is 9.47 Å². The first kappa shape index (κ1) is 19.8. The Kier molecular flexibility index (Phi) is 5.25. The number of hydrogen-bond acceptors (Lipinski definition) is 5. The number of carbonyl (C=O) groups is 1. The highest BCUT2D eigenvalue weighted by Crippen LogP contribution is 2.43. The summed E-state index contributed by atoms with van der Waals surface area (Å²) in [6.45, 7) is 0.298. The van der Waals surface area contributed by atoms with Crippen molar-refractivity contribution in [3.63, 3.8) is 0 Å². The van der Waals surface area contributed by atoms with Crippen LogP contribution in [0.4, 0.5) is 0 Å². The maximum atomic E-state index is 13.3. The second-order valence-corrected chi connectivity index (χ2v) is 7.45. The molecule has 3 aromatic carbocycles. The molecule has 2 heterocycles. The second-order valence-electron chi connectivity index (χ2n) is 7.45. The normalized spacial score (nSPS) is 12.3. The molecule has 0 radical (unpaired) electrons. The minimum atomic E-state index is -0.445. The molecule has 6 nitrogen and oxygen atoms in total. The van der Waals surface area contributed by atoms with Crippen molar-refractivity contribution in [1.29, 1.82) is 0 Å². The number of ether oxygens (including phenoxy) is 2. The van der Waals surface area contributed by atoms with Gasteiger partial charge in [0.1, 0.15) is 23.6 Å². The molecule has 1 aliphatic rings. The van der Waals surface area contributed by atoms with Gasteiger partial charge < -0.3 is 14.8 Å². The number of hydrogen-bond donors (Lipinski definition) is 1. The van der Waals surface area contributed by atoms with Crippen LogP contribution < -0.4 is 14.8 Å². The van der Waals surface area contributed by atoms with Gasteiger partial charge in [-0.25, -0.2) is 9.97 Å². The summed E-state index contributed by atoms with van der Waals surface area (Å²) in [6.07, 6.45) is 1.51. The van der Waals surface area contributed by atoms with E-state index in [2.05, 4.69) is 15.3 Å². The van der Waals surface area contributed by atoms with Crippen molar-refractivity contribution in [3.05, 3.63) is 102 Å². The van der Waals surface area contributed by atoms with Gasteiger partial charge in [0.15, 0.2) is 0 Å². The minimum Gasteiger partial charge on any atom is -0.497 e. The molecule has 1 amide bonds. The molecular formula is C26H21N3O3. The molecule has 0 saturated carbocycles. The van der Waals surface area contributed by atoms with E-state index >= 15 is 0 Å². The zero-order chi connectivity index (χ0) is 21.9. The average molecular weight is 423 g/mol. The molecule has 6 heteroatoms. The molecule has 0 saturated heterocycles. The van der Waals surface area contributed by atoms with E-state index in [0.717, 1.165) is 33.8 Å². The highest BCUT2D eigenvalue weighted by atomic mass is 16.5. The number of amides is 1. The molecule has 158 valence electrons. The molecular weight excluding hydrogens is 402 g/mol. The summed E-state index contributed by atoms with van der Waals surface area (Å²) in [7, 11) is 1.63. The van der Waals surface area contributed by atoms with E-state index in [9.17, 15) is 4.79 Å². The van der Waals surface area contributed by atoms with Crippen molar-refractivity contribution in [2.45, 2.75) is 12.5 Å². The number of carbonyl (C=O) groups excluding carboxylic acids is 1. The Bertz CT molecular complexity index is 1230. The Morgan fingerprint density at radius 3 is 2.25 bits per heavy atom. The van der Waals surface area contributed by atoms with Crippen LogP contribution >= 0.6 is 0 Å². The van der Waals surface area contributed by atoms with Gasteiger partial charge in [-0.05, 0) is 42.5 Å². The first-order valence-electron chi connectivity index (χ1n) is 10.3. The van der Waals surface area contributed by atoms with Crippen LogP contribution in [0.5, 0.6) is 17.2 Å². The SMILES string of the molecule is COc1ccc(-c2cc(CNC(=O)C3c4ccccc4Oc4ccccc43)ncn2)cc1. The van der Waals surface area contributed by atoms with Crippen LogP contribution in [-0.4, -0.2) is 23.0 Å². The molecule has 0 bridgehead atoms. The minimum absolute atomic E-state index is 0.0993. The molecule has 0 fully saturated rings. The third-order valence-corrected chi connectivity index (χ3v) is 5.50. The first-order chi connectivity index (χ1) is 15.7. The summed E-state index contributed by atoms with van der Waals surface area (Å²) in [5.41, 5.74) is 4.17. The Labute approximate surface area is 185 Å². The van der Waals surface area contributed by atoms with Gasteiger partial charge in [-0.15, -0.1) is 0 Å². The second kappa shape index (κ2) is 8.51. The molecule has 0 atom stereocenters. The van der Waals surface area contributed by atoms with Crippen LogP contribution in [-0.2, 0) is 11.3 Å². The van der Waals surface area contributed by atoms with E-state index < -0.39 is 5.92 Å². The number of aromatic nitrogens is 2. The third kappa shape index (κ3) is 3.78. The lowest BCUT2D eigenvalue weighted by Gasteiger charge is -2.27. The Morgan fingerprint density at radius 1 is 0.938 bits per heavy atom. The molecule has 0 spiro atoms. The van der Waals surface area contributed by atoms with Gasteiger partial charge in [0.05, 0.1) is 31.0 Å². The number of nitrogens with one attached hydrogen (secondary N) is 1. The summed E-state index contributed by atoms with van der Waals surface area (Å²) in [4.78, 5) is 22.0. The first-order valence-corrected chi connectivity index (χ1v) is 10.3. The third-order valence-electron chi connectivity index (χ3n) is 5.50. The zero-order valence-corrected chi connectivity index (χ0v) is 17.5. The van der Waals surface area contributed by atoms with E-state index in [0.29, 0.717) is 18.0 Å². The summed E-state index contributed by atoms with van der Waals surface area (Å²) in [5, 5.41) is 3.04. The van der Waals surface area contributed by atoms with Gasteiger partial charge in [0.25, 0.3) is 0 Å². The standard InChI is InChI=1S/C26H21N3O3/c1-31-19-12-10-17(11-13-19)22-14-18(28-16-29-22)15-27-26(30)25-20-6-2-4-8-23(20)32-24-9-5-3-7-21(24)25/h2-14,16,25H,15H2,1H3,(H,27,30). The molecule has 0 aliphatic carbocycles. The summed E-state index contributed by atoms with van der Waals surface area (Å²) in [6, 6.07) is 24.8. The summed E-state index contributed by atoms with van der Waals surface area (Å²) >= 11 is 0.